The van der Waals surface area contributed by atoms with Crippen LogP contribution in [0.4, 0.5) is 19.1 Å². The summed E-state index contributed by atoms with van der Waals surface area (Å²) in [5.41, 5.74) is 6.50. The van der Waals surface area contributed by atoms with E-state index < -0.39 is 29.3 Å². The number of nitrogen functional groups attached to an aromatic ring is 1. The van der Waals surface area contributed by atoms with Crippen LogP contribution >= 0.6 is 0 Å². The number of ether oxygens (including phenoxy) is 1. The van der Waals surface area contributed by atoms with Crippen molar-refractivity contribution in [1.29, 1.82) is 0 Å². The van der Waals surface area contributed by atoms with Gasteiger partial charge in [0.1, 0.15) is 11.9 Å². The molecule has 7 nitrogen and oxygen atoms in total. The number of rotatable bonds is 5. The van der Waals surface area contributed by atoms with Crippen molar-refractivity contribution in [3.63, 3.8) is 0 Å². The van der Waals surface area contributed by atoms with Gasteiger partial charge < -0.3 is 15.4 Å². The van der Waals surface area contributed by atoms with Crippen LogP contribution in [0, 0.1) is 23.4 Å². The summed E-state index contributed by atoms with van der Waals surface area (Å²) in [6, 6.07) is 1.20. The van der Waals surface area contributed by atoms with Gasteiger partial charge in [0.15, 0.2) is 17.4 Å². The molecular weight excluding hydrogens is 423 g/mol. The average Bonchev–Trinajstić information content (AvgIpc) is 2.78. The summed E-state index contributed by atoms with van der Waals surface area (Å²) in [5, 5.41) is 0. The molecule has 2 aliphatic rings. The van der Waals surface area contributed by atoms with E-state index in [0.717, 1.165) is 38.0 Å². The second-order valence-electron chi connectivity index (χ2n) is 8.34. The van der Waals surface area contributed by atoms with Gasteiger partial charge in [-0.25, -0.2) is 23.1 Å². The van der Waals surface area contributed by atoms with Crippen LogP contribution in [-0.2, 0) is 11.3 Å². The van der Waals surface area contributed by atoms with Gasteiger partial charge in [0, 0.05) is 68.5 Å². The van der Waals surface area contributed by atoms with E-state index in [0.29, 0.717) is 38.1 Å². The highest BCUT2D eigenvalue weighted by Crippen LogP contribution is 2.28. The maximum Gasteiger partial charge on any atom is 0.225 e. The summed E-state index contributed by atoms with van der Waals surface area (Å²) < 4.78 is 46.1. The molecule has 172 valence electrons. The van der Waals surface area contributed by atoms with Gasteiger partial charge in [-0.1, -0.05) is 0 Å². The molecule has 3 heterocycles. The first kappa shape index (κ1) is 22.3. The molecule has 2 N–H and O–H groups in total. The third kappa shape index (κ3) is 5.29. The fourth-order valence-electron chi connectivity index (χ4n) is 4.30. The fraction of sp³-hybridized carbons (Fsp3) is 0.500. The quantitative estimate of drug-likeness (QED) is 0.756. The minimum Gasteiger partial charge on any atom is -0.484 e. The average molecular weight is 449 g/mol. The summed E-state index contributed by atoms with van der Waals surface area (Å²) in [6.07, 6.45) is 5.51. The molecule has 1 amide bonds. The van der Waals surface area contributed by atoms with Crippen LogP contribution in [0.15, 0.2) is 24.5 Å². The zero-order valence-electron chi connectivity index (χ0n) is 17.6. The van der Waals surface area contributed by atoms with Crippen LogP contribution in [-0.4, -0.2) is 58.0 Å². The van der Waals surface area contributed by atoms with Crippen LogP contribution in [0.5, 0.6) is 5.75 Å². The molecule has 2 aromatic rings. The van der Waals surface area contributed by atoms with Crippen LogP contribution in [0.25, 0.3) is 0 Å². The Labute approximate surface area is 184 Å². The van der Waals surface area contributed by atoms with Crippen LogP contribution < -0.4 is 10.5 Å². The molecule has 0 bridgehead atoms. The van der Waals surface area contributed by atoms with Gasteiger partial charge in [-0.3, -0.25) is 9.69 Å². The van der Waals surface area contributed by atoms with Crippen molar-refractivity contribution in [2.24, 2.45) is 5.92 Å². The van der Waals surface area contributed by atoms with Gasteiger partial charge in [-0.2, -0.15) is 0 Å². The maximum absolute atomic E-state index is 13.8. The molecule has 32 heavy (non-hydrogen) atoms. The summed E-state index contributed by atoms with van der Waals surface area (Å²) in [4.78, 5) is 25.0. The Morgan fingerprint density at radius 2 is 1.59 bits per heavy atom. The lowest BCUT2D eigenvalue weighted by atomic mass is 9.94. The standard InChI is InChI=1S/C22H26F3N5O2/c23-16-9-18(24)20(19(25)10-16)32-17-3-7-30(8-4-17)21(31)15-1-5-29(6-2-15)13-14-11-27-22(26)28-12-14/h9-12,15,17H,1-8,13H2,(H2,26,27,28). The maximum atomic E-state index is 13.8. The van der Waals surface area contributed by atoms with Crippen LogP contribution in [0.1, 0.15) is 31.2 Å². The molecule has 0 unspecified atom stereocenters. The van der Waals surface area contributed by atoms with E-state index in [2.05, 4.69) is 14.9 Å². The van der Waals surface area contributed by atoms with Crippen molar-refractivity contribution < 1.29 is 22.7 Å². The Morgan fingerprint density at radius 1 is 1.00 bits per heavy atom. The summed E-state index contributed by atoms with van der Waals surface area (Å²) in [6.45, 7) is 3.28. The number of anilines is 1. The number of hydrogen-bond donors (Lipinski definition) is 1. The van der Waals surface area contributed by atoms with Gasteiger partial charge in [0.2, 0.25) is 11.9 Å². The molecule has 1 aromatic heterocycles. The molecule has 2 saturated heterocycles. The van der Waals surface area contributed by atoms with Gasteiger partial charge in [-0.05, 0) is 25.9 Å². The Bertz CT molecular complexity index is 920. The Kier molecular flexibility index (Phi) is 6.78. The number of amides is 1. The Morgan fingerprint density at radius 3 is 2.19 bits per heavy atom. The minimum atomic E-state index is -1.06. The molecular formula is C22H26F3N5O2. The van der Waals surface area contributed by atoms with E-state index in [1.54, 1.807) is 12.4 Å². The predicted octanol–water partition coefficient (Wildman–Crippen LogP) is 2.76. The lowest BCUT2D eigenvalue weighted by Crippen LogP contribution is -2.47. The topological polar surface area (TPSA) is 84.6 Å². The van der Waals surface area contributed by atoms with E-state index in [9.17, 15) is 18.0 Å². The summed E-state index contributed by atoms with van der Waals surface area (Å²) in [5.74, 6) is -3.32. The SMILES string of the molecule is Nc1ncc(CN2CCC(C(=O)N3CCC(Oc4c(F)cc(F)cc4F)CC3)CC2)cn1. The van der Waals surface area contributed by atoms with Gasteiger partial charge >= 0.3 is 0 Å². The lowest BCUT2D eigenvalue weighted by molar-refractivity contribution is -0.139. The highest BCUT2D eigenvalue weighted by atomic mass is 19.1. The van der Waals surface area contributed by atoms with Crippen LogP contribution in [0.3, 0.4) is 0 Å². The molecule has 1 aromatic carbocycles. The molecule has 2 fully saturated rings. The normalized spacial score (nSPS) is 18.7. The molecule has 10 heteroatoms. The van der Waals surface area contributed by atoms with Crippen molar-refractivity contribution >= 4 is 11.9 Å². The number of halogens is 3. The monoisotopic (exact) mass is 449 g/mol. The number of carbonyl (C=O) groups is 1. The Balaban J connectivity index is 1.23. The number of benzene rings is 1. The third-order valence-corrected chi connectivity index (χ3v) is 6.07. The first-order chi connectivity index (χ1) is 15.4. The summed E-state index contributed by atoms with van der Waals surface area (Å²) in [7, 11) is 0. The van der Waals surface area contributed by atoms with E-state index in [4.69, 9.17) is 10.5 Å². The van der Waals surface area contributed by atoms with Crippen molar-refractivity contribution in [2.75, 3.05) is 31.9 Å². The number of piperidine rings is 2. The molecule has 0 radical (unpaired) electrons. The van der Waals surface area contributed by atoms with Gasteiger partial charge in [-0.15, -0.1) is 0 Å². The highest BCUT2D eigenvalue weighted by Gasteiger charge is 2.32. The van der Waals surface area contributed by atoms with Crippen LogP contribution in [0.2, 0.25) is 0 Å². The number of hydrogen-bond acceptors (Lipinski definition) is 6. The summed E-state index contributed by atoms with van der Waals surface area (Å²) >= 11 is 0. The minimum absolute atomic E-state index is 0.0293. The van der Waals surface area contributed by atoms with Crippen molar-refractivity contribution in [2.45, 2.75) is 38.3 Å². The number of carbonyl (C=O) groups excluding carboxylic acids is 1. The van der Waals surface area contributed by atoms with E-state index in [1.165, 1.54) is 0 Å². The molecule has 4 rings (SSSR count). The Hall–Kier alpha value is -2.88. The van der Waals surface area contributed by atoms with Crippen molar-refractivity contribution in [1.82, 2.24) is 19.8 Å². The molecule has 0 aliphatic carbocycles. The highest BCUT2D eigenvalue weighted by molar-refractivity contribution is 5.79. The lowest BCUT2D eigenvalue weighted by Gasteiger charge is -2.37. The van der Waals surface area contributed by atoms with E-state index >= 15 is 0 Å². The fourth-order valence-corrected chi connectivity index (χ4v) is 4.30. The number of nitrogens with two attached hydrogens (primary N) is 1. The predicted molar refractivity (Wildman–Crippen MR) is 111 cm³/mol. The second-order valence-corrected chi connectivity index (χ2v) is 8.34. The zero-order chi connectivity index (χ0) is 22.7. The molecule has 2 aliphatic heterocycles. The first-order valence-electron chi connectivity index (χ1n) is 10.8. The number of likely N-dealkylation sites (tertiary alicyclic amines) is 2. The second kappa shape index (κ2) is 9.72. The largest absolute Gasteiger partial charge is 0.484 e. The van der Waals surface area contributed by atoms with Crippen molar-refractivity contribution in [3.05, 3.63) is 47.5 Å². The molecule has 0 spiro atoms. The number of aromatic nitrogens is 2. The van der Waals surface area contributed by atoms with E-state index in [-0.39, 0.29) is 17.8 Å². The third-order valence-electron chi connectivity index (χ3n) is 6.07. The molecule has 0 saturated carbocycles. The van der Waals surface area contributed by atoms with E-state index in [1.807, 2.05) is 4.90 Å². The van der Waals surface area contributed by atoms with Gasteiger partial charge in [0.25, 0.3) is 0 Å². The smallest absolute Gasteiger partial charge is 0.225 e. The van der Waals surface area contributed by atoms with Crippen molar-refractivity contribution in [3.8, 4) is 5.75 Å². The van der Waals surface area contributed by atoms with Gasteiger partial charge in [0.05, 0.1) is 0 Å². The number of nitrogens with zero attached hydrogens (tertiary/aromatic N) is 4. The zero-order valence-corrected chi connectivity index (χ0v) is 17.6. The first-order valence-corrected chi connectivity index (χ1v) is 10.8. The molecule has 0 atom stereocenters.